The molecule has 2 N–H and O–H groups in total. The summed E-state index contributed by atoms with van der Waals surface area (Å²) in [4.78, 5) is 17.3. The van der Waals surface area contributed by atoms with E-state index in [0.29, 0.717) is 5.82 Å². The van der Waals surface area contributed by atoms with Crippen LogP contribution in [0.2, 0.25) is 0 Å². The largest absolute Gasteiger partial charge is 0.369 e. The third-order valence-electron chi connectivity index (χ3n) is 2.91. The normalized spacial score (nSPS) is 11.4. The summed E-state index contributed by atoms with van der Waals surface area (Å²) in [6.45, 7) is 1.87. The van der Waals surface area contributed by atoms with E-state index in [1.165, 1.54) is 6.08 Å². The van der Waals surface area contributed by atoms with Crippen molar-refractivity contribution in [3.8, 4) is 5.69 Å². The zero-order valence-electron chi connectivity index (χ0n) is 12.9. The molecule has 0 aliphatic rings. The van der Waals surface area contributed by atoms with Crippen LogP contribution in [0.5, 0.6) is 0 Å². The molecule has 0 saturated carbocycles. The first-order valence-electron chi connectivity index (χ1n) is 6.82. The van der Waals surface area contributed by atoms with E-state index in [0.717, 1.165) is 16.9 Å². The topological polar surface area (TPSA) is 76.5 Å². The first kappa shape index (κ1) is 15.5. The summed E-state index contributed by atoms with van der Waals surface area (Å²) in [5.74, 6) is 0.143. The highest BCUT2D eigenvalue weighted by Gasteiger charge is 2.13. The number of para-hydroxylation sites is 1. The molecule has 2 aromatic rings. The maximum Gasteiger partial charge on any atom is 0.241 e. The van der Waals surface area contributed by atoms with Gasteiger partial charge in [0.2, 0.25) is 5.91 Å². The van der Waals surface area contributed by atoms with Gasteiger partial charge in [0, 0.05) is 25.7 Å². The van der Waals surface area contributed by atoms with Gasteiger partial charge in [0.25, 0.3) is 0 Å². The van der Waals surface area contributed by atoms with Crippen LogP contribution in [-0.4, -0.2) is 41.0 Å². The Morgan fingerprint density at radius 3 is 2.59 bits per heavy atom. The molecule has 0 spiro atoms. The predicted molar refractivity (Wildman–Crippen MR) is 88.4 cm³/mol. The molecule has 0 aliphatic heterocycles. The minimum atomic E-state index is -0.505. The van der Waals surface area contributed by atoms with Gasteiger partial charge in [-0.3, -0.25) is 4.79 Å². The molecule has 0 atom stereocenters. The van der Waals surface area contributed by atoms with Gasteiger partial charge in [-0.05, 0) is 25.1 Å². The summed E-state index contributed by atoms with van der Waals surface area (Å²) >= 11 is 0. The van der Waals surface area contributed by atoms with Crippen molar-refractivity contribution in [1.29, 1.82) is 0 Å². The Morgan fingerprint density at radius 2 is 2.00 bits per heavy atom. The zero-order valence-corrected chi connectivity index (χ0v) is 12.9. The molecule has 0 unspecified atom stereocenters. The van der Waals surface area contributed by atoms with Crippen LogP contribution in [0.25, 0.3) is 11.8 Å². The number of hydrogen-bond donors (Lipinski definition) is 1. The smallest absolute Gasteiger partial charge is 0.241 e. The van der Waals surface area contributed by atoms with Gasteiger partial charge < -0.3 is 10.6 Å². The van der Waals surface area contributed by atoms with Crippen LogP contribution >= 0.6 is 0 Å². The maximum absolute atomic E-state index is 11.0. The van der Waals surface area contributed by atoms with E-state index in [9.17, 15) is 4.79 Å². The van der Waals surface area contributed by atoms with Crippen LogP contribution in [0.15, 0.2) is 41.4 Å². The average molecular weight is 297 g/mol. The van der Waals surface area contributed by atoms with Gasteiger partial charge in [0.15, 0.2) is 5.82 Å². The fourth-order valence-electron chi connectivity index (χ4n) is 1.93. The number of aromatic nitrogens is 2. The lowest BCUT2D eigenvalue weighted by Crippen LogP contribution is -2.08. The molecule has 2 rings (SSSR count). The number of aliphatic imine (C=N–C) groups is 1. The van der Waals surface area contributed by atoms with E-state index in [4.69, 9.17) is 5.73 Å². The Bertz CT molecular complexity index is 714. The minimum Gasteiger partial charge on any atom is -0.369 e. The van der Waals surface area contributed by atoms with E-state index in [1.807, 2.05) is 56.3 Å². The molecular weight excluding hydrogens is 278 g/mol. The molecule has 1 amide bonds. The second-order valence-corrected chi connectivity index (χ2v) is 5.01. The van der Waals surface area contributed by atoms with Crippen molar-refractivity contribution in [1.82, 2.24) is 14.7 Å². The lowest BCUT2D eigenvalue weighted by atomic mass is 10.2. The van der Waals surface area contributed by atoms with Gasteiger partial charge in [0.05, 0.1) is 17.7 Å². The fourth-order valence-corrected chi connectivity index (χ4v) is 1.93. The summed E-state index contributed by atoms with van der Waals surface area (Å²) in [5, 5.41) is 4.52. The second kappa shape index (κ2) is 6.71. The van der Waals surface area contributed by atoms with Gasteiger partial charge in [-0.1, -0.05) is 18.2 Å². The zero-order chi connectivity index (χ0) is 16.1. The Balaban J connectivity index is 2.59. The SMILES string of the molecule is Cc1nn(-c2ccccc2)c(/N=C/N(C)C)c1/C=C/C(N)=O. The molecule has 0 aliphatic carbocycles. The van der Waals surface area contributed by atoms with E-state index in [-0.39, 0.29) is 0 Å². The van der Waals surface area contributed by atoms with E-state index >= 15 is 0 Å². The van der Waals surface area contributed by atoms with Crippen LogP contribution in [0.4, 0.5) is 5.82 Å². The van der Waals surface area contributed by atoms with Crippen LogP contribution < -0.4 is 5.73 Å². The number of primary amides is 1. The average Bonchev–Trinajstić information content (AvgIpc) is 2.80. The molecule has 6 nitrogen and oxygen atoms in total. The molecule has 0 radical (unpaired) electrons. The van der Waals surface area contributed by atoms with Crippen LogP contribution in [0.3, 0.4) is 0 Å². The van der Waals surface area contributed by atoms with Gasteiger partial charge >= 0.3 is 0 Å². The van der Waals surface area contributed by atoms with E-state index in [2.05, 4.69) is 10.1 Å². The number of benzene rings is 1. The number of nitrogens with two attached hydrogens (primary N) is 1. The number of nitrogens with zero attached hydrogens (tertiary/aromatic N) is 4. The van der Waals surface area contributed by atoms with Gasteiger partial charge in [-0.25, -0.2) is 9.67 Å². The molecule has 1 heterocycles. The summed E-state index contributed by atoms with van der Waals surface area (Å²) in [6, 6.07) is 9.71. The number of aryl methyl sites for hydroxylation is 1. The van der Waals surface area contributed by atoms with Crippen molar-refractivity contribution in [2.75, 3.05) is 14.1 Å². The van der Waals surface area contributed by atoms with Gasteiger partial charge in [0.1, 0.15) is 0 Å². The first-order chi connectivity index (χ1) is 10.5. The summed E-state index contributed by atoms with van der Waals surface area (Å²) in [7, 11) is 3.77. The quantitative estimate of drug-likeness (QED) is 0.520. The first-order valence-corrected chi connectivity index (χ1v) is 6.82. The number of carbonyl (C=O) groups excluding carboxylic acids is 1. The fraction of sp³-hybridized carbons (Fsp3) is 0.188. The van der Waals surface area contributed by atoms with Crippen molar-refractivity contribution in [2.45, 2.75) is 6.92 Å². The van der Waals surface area contributed by atoms with Crippen molar-refractivity contribution in [3.63, 3.8) is 0 Å². The third kappa shape index (κ3) is 3.60. The monoisotopic (exact) mass is 297 g/mol. The molecule has 0 saturated heterocycles. The molecule has 6 heteroatoms. The minimum absolute atomic E-state index is 0.505. The lowest BCUT2D eigenvalue weighted by Gasteiger charge is -2.06. The molecule has 114 valence electrons. The highest BCUT2D eigenvalue weighted by molar-refractivity contribution is 5.91. The highest BCUT2D eigenvalue weighted by Crippen LogP contribution is 2.27. The van der Waals surface area contributed by atoms with Crippen molar-refractivity contribution in [3.05, 3.63) is 47.7 Å². The summed E-state index contributed by atoms with van der Waals surface area (Å²) in [5.41, 5.74) is 7.61. The Kier molecular flexibility index (Phi) is 4.73. The van der Waals surface area contributed by atoms with Crippen molar-refractivity contribution < 1.29 is 4.79 Å². The molecule has 1 aromatic carbocycles. The molecular formula is C16H19N5O. The lowest BCUT2D eigenvalue weighted by molar-refractivity contribution is -0.113. The van der Waals surface area contributed by atoms with Crippen molar-refractivity contribution >= 4 is 24.1 Å². The number of rotatable bonds is 5. The summed E-state index contributed by atoms with van der Waals surface area (Å²) < 4.78 is 1.75. The van der Waals surface area contributed by atoms with E-state index < -0.39 is 5.91 Å². The molecule has 0 fully saturated rings. The van der Waals surface area contributed by atoms with Gasteiger partial charge in [-0.15, -0.1) is 0 Å². The maximum atomic E-state index is 11.0. The molecule has 22 heavy (non-hydrogen) atoms. The van der Waals surface area contributed by atoms with Crippen LogP contribution in [-0.2, 0) is 4.79 Å². The Labute approximate surface area is 129 Å². The molecule has 0 bridgehead atoms. The third-order valence-corrected chi connectivity index (χ3v) is 2.91. The van der Waals surface area contributed by atoms with Crippen molar-refractivity contribution in [2.24, 2.45) is 10.7 Å². The van der Waals surface area contributed by atoms with E-state index in [1.54, 1.807) is 17.1 Å². The standard InChI is InChI=1S/C16H19N5O/c1-12-14(9-10-15(17)22)16(18-11-20(2)3)21(19-12)13-7-5-4-6-8-13/h4-11H,1-3H3,(H2,17,22)/b10-9+,18-11+. The van der Waals surface area contributed by atoms with Crippen LogP contribution in [0.1, 0.15) is 11.3 Å². The number of carbonyl (C=O) groups is 1. The Hall–Kier alpha value is -2.89. The number of hydrogen-bond acceptors (Lipinski definition) is 3. The predicted octanol–water partition coefficient (Wildman–Crippen LogP) is 1.90. The molecule has 1 aromatic heterocycles. The second-order valence-electron chi connectivity index (χ2n) is 5.01. The highest BCUT2D eigenvalue weighted by atomic mass is 16.1. The summed E-state index contributed by atoms with van der Waals surface area (Å²) in [6.07, 6.45) is 4.65. The number of amides is 1. The van der Waals surface area contributed by atoms with Crippen LogP contribution in [0, 0.1) is 6.92 Å². The van der Waals surface area contributed by atoms with Gasteiger partial charge in [-0.2, -0.15) is 5.10 Å². The Morgan fingerprint density at radius 1 is 1.32 bits per heavy atom.